The van der Waals surface area contributed by atoms with Crippen LogP contribution in [-0.4, -0.2) is 99.6 Å². The topological polar surface area (TPSA) is 175 Å². The molecule has 1 fully saturated rings. The Morgan fingerprint density at radius 3 is 1.44 bits per heavy atom. The van der Waals surface area contributed by atoms with E-state index in [9.17, 15) is 35.1 Å². The number of rotatable bonds is 50. The molecule has 0 aromatic heterocycles. The molecule has 0 aliphatic carbocycles. The number of aliphatic hydroxyl groups excluding tert-OH is 5. The molecule has 1 rings (SSSR count). The lowest BCUT2D eigenvalue weighted by atomic mass is 9.99. The van der Waals surface area contributed by atoms with E-state index in [1.165, 1.54) is 135 Å². The van der Waals surface area contributed by atoms with E-state index in [1.54, 1.807) is 6.08 Å². The van der Waals surface area contributed by atoms with Crippen LogP contribution >= 0.6 is 0 Å². The molecular weight excluding hydrogens is 919 g/mol. The van der Waals surface area contributed by atoms with Crippen molar-refractivity contribution in [2.24, 2.45) is 0 Å². The Kier molecular flexibility index (Phi) is 47.0. The Morgan fingerprint density at radius 2 is 0.945 bits per heavy atom. The van der Waals surface area contributed by atoms with Crippen molar-refractivity contribution in [2.45, 2.75) is 307 Å². The number of carbonyl (C=O) groups excluding carboxylic acids is 2. The largest absolute Gasteiger partial charge is 0.454 e. The Bertz CT molecular complexity index is 1420. The van der Waals surface area contributed by atoms with Crippen molar-refractivity contribution >= 4 is 11.9 Å². The molecule has 1 aliphatic rings. The van der Waals surface area contributed by atoms with Gasteiger partial charge in [0.05, 0.1) is 25.4 Å². The predicted octanol–water partition coefficient (Wildman–Crippen LogP) is 13.8. The number of hydrogen-bond acceptors (Lipinski definition) is 10. The van der Waals surface area contributed by atoms with Crippen LogP contribution < -0.4 is 5.32 Å². The molecule has 1 saturated heterocycles. The molecule has 1 amide bonds. The molecule has 0 saturated carbocycles. The van der Waals surface area contributed by atoms with Crippen LogP contribution in [0.4, 0.5) is 0 Å². The van der Waals surface area contributed by atoms with Gasteiger partial charge in [-0.25, -0.2) is 0 Å². The third-order valence-electron chi connectivity index (χ3n) is 13.9. The number of unbranched alkanes of at least 4 members (excludes halogenated alkanes) is 28. The van der Waals surface area contributed by atoms with Gasteiger partial charge in [-0.05, 0) is 70.6 Å². The van der Waals surface area contributed by atoms with E-state index in [-0.39, 0.29) is 19.4 Å². The van der Waals surface area contributed by atoms with Crippen LogP contribution in [0.1, 0.15) is 258 Å². The number of carbonyl (C=O) groups is 2. The molecule has 8 atom stereocenters. The van der Waals surface area contributed by atoms with Gasteiger partial charge in [0.25, 0.3) is 0 Å². The Hall–Kier alpha value is -2.64. The summed E-state index contributed by atoms with van der Waals surface area (Å²) >= 11 is 0. The van der Waals surface area contributed by atoms with Crippen molar-refractivity contribution in [1.29, 1.82) is 0 Å². The number of ether oxygens (including phenoxy) is 3. The maximum absolute atomic E-state index is 13.4. The van der Waals surface area contributed by atoms with E-state index in [1.807, 2.05) is 6.08 Å². The number of hydrogen-bond donors (Lipinski definition) is 6. The minimum absolute atomic E-state index is 0.0858. The normalized spacial score (nSPS) is 19.8. The van der Waals surface area contributed by atoms with E-state index in [4.69, 9.17) is 14.2 Å². The molecule has 6 N–H and O–H groups in total. The van der Waals surface area contributed by atoms with Crippen LogP contribution in [0.2, 0.25) is 0 Å². The summed E-state index contributed by atoms with van der Waals surface area (Å²) in [5, 5.41) is 56.9. The van der Waals surface area contributed by atoms with Crippen molar-refractivity contribution in [2.75, 3.05) is 13.2 Å². The van der Waals surface area contributed by atoms with E-state index in [0.29, 0.717) is 12.8 Å². The van der Waals surface area contributed by atoms with Crippen molar-refractivity contribution < 1.29 is 49.3 Å². The molecule has 0 bridgehead atoms. The lowest BCUT2D eigenvalue weighted by Gasteiger charge is -2.41. The van der Waals surface area contributed by atoms with Crippen LogP contribution in [0.25, 0.3) is 0 Å². The fourth-order valence-corrected chi connectivity index (χ4v) is 9.10. The average Bonchev–Trinajstić information content (AvgIpc) is 3.39. The average molecular weight is 1030 g/mol. The van der Waals surface area contributed by atoms with Crippen LogP contribution in [0.3, 0.4) is 0 Å². The molecule has 73 heavy (non-hydrogen) atoms. The van der Waals surface area contributed by atoms with Gasteiger partial charge in [-0.1, -0.05) is 242 Å². The zero-order valence-electron chi connectivity index (χ0n) is 46.7. The number of amides is 1. The molecule has 1 aliphatic heterocycles. The first-order valence-corrected chi connectivity index (χ1v) is 30.1. The fraction of sp³-hybridized carbons (Fsp3) is 0.806. The third-order valence-corrected chi connectivity index (χ3v) is 13.9. The lowest BCUT2D eigenvalue weighted by Crippen LogP contribution is -2.61. The maximum atomic E-state index is 13.4. The highest BCUT2D eigenvalue weighted by molar-refractivity contribution is 5.80. The van der Waals surface area contributed by atoms with Gasteiger partial charge in [-0.3, -0.25) is 9.59 Å². The quantitative estimate of drug-likeness (QED) is 0.0195. The van der Waals surface area contributed by atoms with Gasteiger partial charge < -0.3 is 45.1 Å². The molecule has 0 aromatic carbocycles. The van der Waals surface area contributed by atoms with Gasteiger partial charge in [0.1, 0.15) is 24.4 Å². The van der Waals surface area contributed by atoms with Crippen LogP contribution in [0.5, 0.6) is 0 Å². The molecule has 1 heterocycles. The second-order valence-electron chi connectivity index (χ2n) is 20.7. The van der Waals surface area contributed by atoms with E-state index in [2.05, 4.69) is 74.7 Å². The molecule has 8 unspecified atom stereocenters. The minimum atomic E-state index is -1.63. The molecule has 0 aromatic rings. The van der Waals surface area contributed by atoms with Crippen LogP contribution in [0, 0.1) is 0 Å². The Balaban J connectivity index is 2.73. The summed E-state index contributed by atoms with van der Waals surface area (Å²) in [6.07, 6.45) is 51.1. The van der Waals surface area contributed by atoms with Crippen LogP contribution in [0.15, 0.2) is 60.8 Å². The van der Waals surface area contributed by atoms with E-state index >= 15 is 0 Å². The Labute approximate surface area is 446 Å². The van der Waals surface area contributed by atoms with Gasteiger partial charge in [0.2, 0.25) is 5.91 Å². The summed E-state index contributed by atoms with van der Waals surface area (Å²) in [4.78, 5) is 26.5. The second-order valence-corrected chi connectivity index (χ2v) is 20.7. The second kappa shape index (κ2) is 50.2. The molecule has 11 nitrogen and oxygen atoms in total. The third kappa shape index (κ3) is 38.5. The SMILES string of the molecule is CCCCC/C=C\C/C=C\C/C=C\C/C=C\CCCCCC(=O)OC1C(OCC(NC(=O)C(O)CCCCCCCCCCCCCC)C(O)/C=C/CCCCCCCCCCCCC)OC(CO)C(O)C1O. The Morgan fingerprint density at radius 1 is 0.534 bits per heavy atom. The summed E-state index contributed by atoms with van der Waals surface area (Å²) < 4.78 is 17.6. The molecule has 0 spiro atoms. The summed E-state index contributed by atoms with van der Waals surface area (Å²) in [6.45, 7) is 5.74. The fourth-order valence-electron chi connectivity index (χ4n) is 9.10. The molecular formula is C62H111NO10. The van der Waals surface area contributed by atoms with Gasteiger partial charge in [0, 0.05) is 6.42 Å². The summed E-state index contributed by atoms with van der Waals surface area (Å²) in [5.74, 6) is -1.22. The minimum Gasteiger partial charge on any atom is -0.454 e. The lowest BCUT2D eigenvalue weighted by molar-refractivity contribution is -0.305. The van der Waals surface area contributed by atoms with E-state index in [0.717, 1.165) is 77.0 Å². The number of aliphatic hydroxyl groups is 5. The van der Waals surface area contributed by atoms with Gasteiger partial charge >= 0.3 is 5.97 Å². The zero-order chi connectivity index (χ0) is 53.3. The first-order chi connectivity index (χ1) is 35.7. The van der Waals surface area contributed by atoms with Gasteiger partial charge in [-0.15, -0.1) is 0 Å². The highest BCUT2D eigenvalue weighted by Gasteiger charge is 2.47. The highest BCUT2D eigenvalue weighted by Crippen LogP contribution is 2.26. The monoisotopic (exact) mass is 1030 g/mol. The standard InChI is InChI=1S/C62H111NO10/c1-4-7-10-13-16-19-22-25-26-27-28-29-30-32-35-38-41-44-47-50-57(67)73-60-59(69)58(68)56(51-64)72-62(60)71-52-53(54(65)48-45-42-39-36-34-31-23-20-17-14-11-8-5-2)63-61(70)55(66)49-46-43-40-37-33-24-21-18-15-12-9-6-3/h16,19,25-26,28-29,32,35,45,48,53-56,58-60,62,64-66,68-69H,4-15,17-18,20-24,27,30-31,33-34,36-44,46-47,49-52H2,1-3H3,(H,63,70)/b19-16-,26-25-,29-28-,35-32-,48-45+. The van der Waals surface area contributed by atoms with E-state index < -0.39 is 67.4 Å². The van der Waals surface area contributed by atoms with Crippen molar-refractivity contribution in [3.8, 4) is 0 Å². The summed E-state index contributed by atoms with van der Waals surface area (Å²) in [7, 11) is 0. The van der Waals surface area contributed by atoms with Crippen molar-refractivity contribution in [3.05, 3.63) is 60.8 Å². The van der Waals surface area contributed by atoms with Crippen molar-refractivity contribution in [1.82, 2.24) is 5.32 Å². The smallest absolute Gasteiger partial charge is 0.306 e. The number of allylic oxidation sites excluding steroid dienone is 9. The highest BCUT2D eigenvalue weighted by atomic mass is 16.7. The van der Waals surface area contributed by atoms with Gasteiger partial charge in [-0.2, -0.15) is 0 Å². The summed E-state index contributed by atoms with van der Waals surface area (Å²) in [5.41, 5.74) is 0. The zero-order valence-corrected chi connectivity index (χ0v) is 46.7. The first kappa shape index (κ1) is 68.4. The number of esters is 1. The van der Waals surface area contributed by atoms with Crippen molar-refractivity contribution in [3.63, 3.8) is 0 Å². The number of nitrogens with one attached hydrogen (secondary N) is 1. The molecule has 11 heteroatoms. The maximum Gasteiger partial charge on any atom is 0.306 e. The van der Waals surface area contributed by atoms with Gasteiger partial charge in [0.15, 0.2) is 12.4 Å². The first-order valence-electron chi connectivity index (χ1n) is 30.1. The predicted molar refractivity (Wildman–Crippen MR) is 301 cm³/mol. The van der Waals surface area contributed by atoms with Crippen LogP contribution in [-0.2, 0) is 23.8 Å². The molecule has 424 valence electrons. The summed E-state index contributed by atoms with van der Waals surface area (Å²) in [6, 6.07) is -1.03. The molecule has 0 radical (unpaired) electrons.